The first-order valence-corrected chi connectivity index (χ1v) is 9.53. The van der Waals surface area contributed by atoms with E-state index in [9.17, 15) is 9.59 Å². The third-order valence-electron chi connectivity index (χ3n) is 4.49. The number of aryl methyl sites for hydroxylation is 1. The highest BCUT2D eigenvalue weighted by atomic mass is 127. The highest BCUT2D eigenvalue weighted by molar-refractivity contribution is 14.1. The van der Waals surface area contributed by atoms with Crippen LogP contribution < -0.4 is 5.32 Å². The third kappa shape index (κ3) is 4.60. The Morgan fingerprint density at radius 2 is 1.76 bits per heavy atom. The lowest BCUT2D eigenvalue weighted by Crippen LogP contribution is -2.43. The Kier molecular flexibility index (Phi) is 5.73. The van der Waals surface area contributed by atoms with E-state index in [1.807, 2.05) is 55.5 Å². The molecule has 1 atom stereocenters. The van der Waals surface area contributed by atoms with Crippen LogP contribution in [0.2, 0.25) is 0 Å². The highest BCUT2D eigenvalue weighted by Crippen LogP contribution is 2.21. The van der Waals surface area contributed by atoms with Crippen molar-refractivity contribution in [3.8, 4) is 0 Å². The molecular formula is C20H21IN2O2. The minimum absolute atomic E-state index is 0.00626. The van der Waals surface area contributed by atoms with Gasteiger partial charge >= 0.3 is 0 Å². The average Bonchev–Trinajstić information content (AvgIpc) is 2.64. The molecule has 5 heteroatoms. The van der Waals surface area contributed by atoms with Gasteiger partial charge in [0.15, 0.2) is 0 Å². The summed E-state index contributed by atoms with van der Waals surface area (Å²) in [7, 11) is 0. The van der Waals surface area contributed by atoms with Gasteiger partial charge in [-0.2, -0.15) is 0 Å². The molecule has 2 aromatic rings. The van der Waals surface area contributed by atoms with Gasteiger partial charge in [-0.15, -0.1) is 0 Å². The molecule has 0 bridgehead atoms. The fourth-order valence-electron chi connectivity index (χ4n) is 3.03. The number of amides is 2. The summed E-state index contributed by atoms with van der Waals surface area (Å²) >= 11 is 2.23. The summed E-state index contributed by atoms with van der Waals surface area (Å²) < 4.78 is 1.13. The summed E-state index contributed by atoms with van der Waals surface area (Å²) in [6, 6.07) is 15.3. The Bertz CT molecular complexity index is 756. The van der Waals surface area contributed by atoms with E-state index in [2.05, 4.69) is 27.9 Å². The molecule has 0 saturated carbocycles. The fourth-order valence-corrected chi connectivity index (χ4v) is 3.39. The van der Waals surface area contributed by atoms with Crippen LogP contribution in [-0.4, -0.2) is 29.8 Å². The number of halogens is 1. The minimum Gasteiger partial charge on any atom is -0.338 e. The average molecular weight is 448 g/mol. The molecule has 1 heterocycles. The summed E-state index contributed by atoms with van der Waals surface area (Å²) in [4.78, 5) is 27.0. The molecule has 0 aromatic heterocycles. The molecule has 3 rings (SSSR count). The molecule has 1 saturated heterocycles. The Morgan fingerprint density at radius 3 is 2.44 bits per heavy atom. The molecule has 0 aliphatic carbocycles. The van der Waals surface area contributed by atoms with Gasteiger partial charge in [0.05, 0.1) is 5.92 Å². The van der Waals surface area contributed by atoms with Crippen molar-refractivity contribution in [2.45, 2.75) is 19.8 Å². The monoisotopic (exact) mass is 448 g/mol. The lowest BCUT2D eigenvalue weighted by Gasteiger charge is -2.32. The maximum Gasteiger partial charge on any atom is 0.253 e. The summed E-state index contributed by atoms with van der Waals surface area (Å²) in [6.07, 6.45) is 1.66. The zero-order valence-corrected chi connectivity index (χ0v) is 16.3. The normalized spacial score (nSPS) is 17.2. The Morgan fingerprint density at radius 1 is 1.08 bits per heavy atom. The summed E-state index contributed by atoms with van der Waals surface area (Å²) in [5.74, 6) is -0.170. The molecule has 4 nitrogen and oxygen atoms in total. The van der Waals surface area contributed by atoms with Crippen LogP contribution in [0.4, 0.5) is 5.69 Å². The van der Waals surface area contributed by atoms with E-state index in [-0.39, 0.29) is 17.7 Å². The summed E-state index contributed by atoms with van der Waals surface area (Å²) in [5.41, 5.74) is 2.61. The van der Waals surface area contributed by atoms with Crippen LogP contribution in [0.15, 0.2) is 48.5 Å². The van der Waals surface area contributed by atoms with Gasteiger partial charge in [0.25, 0.3) is 5.91 Å². The number of benzene rings is 2. The minimum atomic E-state index is -0.164. The molecule has 1 unspecified atom stereocenters. The van der Waals surface area contributed by atoms with Crippen molar-refractivity contribution < 1.29 is 9.59 Å². The Hall–Kier alpha value is -1.89. The van der Waals surface area contributed by atoms with E-state index < -0.39 is 0 Å². The second-order valence-electron chi connectivity index (χ2n) is 6.45. The van der Waals surface area contributed by atoms with Crippen molar-refractivity contribution in [1.29, 1.82) is 0 Å². The number of piperidine rings is 1. The van der Waals surface area contributed by atoms with Gasteiger partial charge in [0, 0.05) is 27.9 Å². The van der Waals surface area contributed by atoms with Crippen molar-refractivity contribution >= 4 is 40.1 Å². The smallest absolute Gasteiger partial charge is 0.253 e. The van der Waals surface area contributed by atoms with Gasteiger partial charge < -0.3 is 10.2 Å². The van der Waals surface area contributed by atoms with Gasteiger partial charge in [-0.25, -0.2) is 0 Å². The number of rotatable bonds is 3. The quantitative estimate of drug-likeness (QED) is 0.720. The van der Waals surface area contributed by atoms with Gasteiger partial charge in [-0.05, 0) is 78.8 Å². The Labute approximate surface area is 161 Å². The molecule has 1 aliphatic rings. The van der Waals surface area contributed by atoms with Crippen LogP contribution in [0.3, 0.4) is 0 Å². The van der Waals surface area contributed by atoms with Crippen molar-refractivity contribution in [2.24, 2.45) is 5.92 Å². The van der Waals surface area contributed by atoms with E-state index in [0.29, 0.717) is 18.7 Å². The number of hydrogen-bond donors (Lipinski definition) is 1. The SMILES string of the molecule is Cc1ccc(C(=O)N2CCCC(C(=O)Nc3ccc(I)cc3)C2)cc1. The maximum absolute atomic E-state index is 12.7. The Balaban J connectivity index is 1.63. The summed E-state index contributed by atoms with van der Waals surface area (Å²) in [6.45, 7) is 3.18. The second-order valence-corrected chi connectivity index (χ2v) is 7.70. The number of likely N-dealkylation sites (tertiary alicyclic amines) is 1. The van der Waals surface area contributed by atoms with Crippen LogP contribution >= 0.6 is 22.6 Å². The molecule has 2 aromatic carbocycles. The first kappa shape index (κ1) is 17.9. The zero-order valence-electron chi connectivity index (χ0n) is 14.2. The van der Waals surface area contributed by atoms with Gasteiger partial charge in [-0.3, -0.25) is 9.59 Å². The predicted octanol–water partition coefficient (Wildman–Crippen LogP) is 4.09. The van der Waals surface area contributed by atoms with Gasteiger partial charge in [0.2, 0.25) is 5.91 Å². The molecule has 1 fully saturated rings. The topological polar surface area (TPSA) is 49.4 Å². The number of nitrogens with zero attached hydrogens (tertiary/aromatic N) is 1. The van der Waals surface area contributed by atoms with Crippen molar-refractivity contribution in [2.75, 3.05) is 18.4 Å². The van der Waals surface area contributed by atoms with E-state index in [0.717, 1.165) is 27.7 Å². The lowest BCUT2D eigenvalue weighted by molar-refractivity contribution is -0.121. The first-order valence-electron chi connectivity index (χ1n) is 8.45. The molecule has 130 valence electrons. The number of hydrogen-bond acceptors (Lipinski definition) is 2. The first-order chi connectivity index (χ1) is 12.0. The van der Waals surface area contributed by atoms with E-state index in [1.165, 1.54) is 0 Å². The van der Waals surface area contributed by atoms with E-state index in [4.69, 9.17) is 0 Å². The molecule has 0 radical (unpaired) electrons. The molecule has 0 spiro atoms. The largest absolute Gasteiger partial charge is 0.338 e. The van der Waals surface area contributed by atoms with Crippen LogP contribution in [0.1, 0.15) is 28.8 Å². The standard InChI is InChI=1S/C20H21IN2O2/c1-14-4-6-15(7-5-14)20(25)23-12-2-3-16(13-23)19(24)22-18-10-8-17(21)9-11-18/h4-11,16H,2-3,12-13H2,1H3,(H,22,24). The van der Waals surface area contributed by atoms with Gasteiger partial charge in [0.1, 0.15) is 0 Å². The van der Waals surface area contributed by atoms with Crippen LogP contribution in [-0.2, 0) is 4.79 Å². The fraction of sp³-hybridized carbons (Fsp3) is 0.300. The number of anilines is 1. The molecular weight excluding hydrogens is 427 g/mol. The van der Waals surface area contributed by atoms with Crippen LogP contribution in [0.25, 0.3) is 0 Å². The zero-order chi connectivity index (χ0) is 17.8. The van der Waals surface area contributed by atoms with E-state index >= 15 is 0 Å². The highest BCUT2D eigenvalue weighted by Gasteiger charge is 2.28. The molecule has 1 N–H and O–H groups in total. The van der Waals surface area contributed by atoms with E-state index in [1.54, 1.807) is 4.90 Å². The molecule has 1 aliphatic heterocycles. The lowest BCUT2D eigenvalue weighted by atomic mass is 9.96. The number of carbonyl (C=O) groups excluding carboxylic acids is 2. The second kappa shape index (κ2) is 7.99. The maximum atomic E-state index is 12.7. The number of carbonyl (C=O) groups is 2. The summed E-state index contributed by atoms with van der Waals surface area (Å²) in [5, 5.41) is 2.97. The molecule has 25 heavy (non-hydrogen) atoms. The van der Waals surface area contributed by atoms with Crippen molar-refractivity contribution in [3.63, 3.8) is 0 Å². The molecule has 2 amide bonds. The van der Waals surface area contributed by atoms with Crippen molar-refractivity contribution in [3.05, 3.63) is 63.2 Å². The number of nitrogens with one attached hydrogen (secondary N) is 1. The predicted molar refractivity (Wildman–Crippen MR) is 108 cm³/mol. The van der Waals surface area contributed by atoms with Gasteiger partial charge in [-0.1, -0.05) is 17.7 Å². The van der Waals surface area contributed by atoms with Crippen LogP contribution in [0.5, 0.6) is 0 Å². The van der Waals surface area contributed by atoms with Crippen molar-refractivity contribution in [1.82, 2.24) is 4.90 Å². The van der Waals surface area contributed by atoms with Crippen LogP contribution in [0, 0.1) is 16.4 Å². The third-order valence-corrected chi connectivity index (χ3v) is 5.21.